The van der Waals surface area contributed by atoms with Gasteiger partial charge < -0.3 is 0 Å². The van der Waals surface area contributed by atoms with E-state index in [1.165, 1.54) is 0 Å². The summed E-state index contributed by atoms with van der Waals surface area (Å²) in [6.07, 6.45) is 0. The third-order valence-electron chi connectivity index (χ3n) is 4.18. The van der Waals surface area contributed by atoms with E-state index in [1.807, 2.05) is 60.7 Å². The largest absolute Gasteiger partial charge is 0.289 e. The average molecular weight is 400 g/mol. The molecule has 0 amide bonds. The van der Waals surface area contributed by atoms with Crippen molar-refractivity contribution in [1.29, 1.82) is 0 Å². The number of ketones is 1. The van der Waals surface area contributed by atoms with Gasteiger partial charge in [-0.05, 0) is 24.3 Å². The second-order valence-electron chi connectivity index (χ2n) is 6.19. The first-order valence-corrected chi connectivity index (χ1v) is 10.6. The van der Waals surface area contributed by atoms with Crippen molar-refractivity contribution in [1.82, 2.24) is 0 Å². The minimum atomic E-state index is -3.34. The van der Waals surface area contributed by atoms with E-state index in [0.29, 0.717) is 9.79 Å². The molecule has 0 atom stereocenters. The van der Waals surface area contributed by atoms with E-state index in [1.54, 1.807) is 60.7 Å². The lowest BCUT2D eigenvalue weighted by Gasteiger charge is -2.03. The Bertz CT molecular complexity index is 1050. The Morgan fingerprint density at radius 3 is 1.03 bits per heavy atom. The molecule has 0 aliphatic carbocycles. The van der Waals surface area contributed by atoms with E-state index in [4.69, 9.17) is 0 Å². The van der Waals surface area contributed by atoms with E-state index >= 15 is 0 Å². The van der Waals surface area contributed by atoms with Crippen LogP contribution in [0.15, 0.2) is 131 Å². The molecule has 4 rings (SSSR count). The summed E-state index contributed by atoms with van der Waals surface area (Å²) in [7, 11) is -3.34. The molecule has 0 aliphatic rings. The lowest BCUT2D eigenvalue weighted by Crippen LogP contribution is -2.00. The van der Waals surface area contributed by atoms with Gasteiger partial charge in [-0.2, -0.15) is 0 Å². The van der Waals surface area contributed by atoms with E-state index in [-0.39, 0.29) is 5.78 Å². The maximum Gasteiger partial charge on any atom is 0.206 e. The molecule has 4 heteroatoms. The van der Waals surface area contributed by atoms with Crippen LogP contribution in [-0.2, 0) is 9.84 Å². The average Bonchev–Trinajstić information content (AvgIpc) is 2.81. The van der Waals surface area contributed by atoms with Crippen LogP contribution < -0.4 is 0 Å². The first-order chi connectivity index (χ1) is 14.1. The summed E-state index contributed by atoms with van der Waals surface area (Å²) in [5, 5.41) is 0. The standard InChI is InChI=1S/C13H10O.C12H10O2S/c14-13(11-7-3-1-4-8-11)12-9-5-2-6-10-12;13-15(14,11-7-3-1-4-8-11)12-9-5-2-6-10-12/h1-10H;1-10H. The number of carbonyl (C=O) groups excluding carboxylic acids is 1. The smallest absolute Gasteiger partial charge is 0.206 e. The van der Waals surface area contributed by atoms with Crippen LogP contribution in [0.25, 0.3) is 0 Å². The zero-order valence-corrected chi connectivity index (χ0v) is 16.5. The van der Waals surface area contributed by atoms with Crippen molar-refractivity contribution in [2.24, 2.45) is 0 Å². The van der Waals surface area contributed by atoms with E-state index < -0.39 is 9.84 Å². The molecule has 0 aromatic heterocycles. The quantitative estimate of drug-likeness (QED) is 0.429. The number of rotatable bonds is 4. The highest BCUT2D eigenvalue weighted by Gasteiger charge is 2.15. The molecule has 29 heavy (non-hydrogen) atoms. The summed E-state index contributed by atoms with van der Waals surface area (Å²) in [4.78, 5) is 12.5. The Morgan fingerprint density at radius 2 is 0.724 bits per heavy atom. The molecule has 0 N–H and O–H groups in total. The van der Waals surface area contributed by atoms with Gasteiger partial charge in [-0.15, -0.1) is 0 Å². The van der Waals surface area contributed by atoms with Crippen LogP contribution in [0.3, 0.4) is 0 Å². The van der Waals surface area contributed by atoms with Gasteiger partial charge in [0.1, 0.15) is 0 Å². The highest BCUT2D eigenvalue weighted by atomic mass is 32.2. The SMILES string of the molecule is O=C(c1ccccc1)c1ccccc1.O=S(=O)(c1ccccc1)c1ccccc1. The zero-order chi connectivity index (χ0) is 20.5. The second kappa shape index (κ2) is 9.62. The highest BCUT2D eigenvalue weighted by molar-refractivity contribution is 7.91. The number of carbonyl (C=O) groups is 1. The third kappa shape index (κ3) is 5.27. The van der Waals surface area contributed by atoms with Crippen LogP contribution in [0.5, 0.6) is 0 Å². The summed E-state index contributed by atoms with van der Waals surface area (Å²) >= 11 is 0. The molecule has 0 heterocycles. The van der Waals surface area contributed by atoms with Gasteiger partial charge in [0, 0.05) is 11.1 Å². The fraction of sp³-hybridized carbons (Fsp3) is 0. The van der Waals surface area contributed by atoms with Crippen LogP contribution in [0.4, 0.5) is 0 Å². The summed E-state index contributed by atoms with van der Waals surface area (Å²) in [6.45, 7) is 0. The number of hydrogen-bond acceptors (Lipinski definition) is 3. The Labute approximate surface area is 171 Å². The van der Waals surface area contributed by atoms with E-state index in [9.17, 15) is 13.2 Å². The third-order valence-corrected chi connectivity index (χ3v) is 5.96. The first-order valence-electron chi connectivity index (χ1n) is 9.09. The van der Waals surface area contributed by atoms with Crippen molar-refractivity contribution in [3.8, 4) is 0 Å². The topological polar surface area (TPSA) is 51.2 Å². The van der Waals surface area contributed by atoms with Crippen molar-refractivity contribution in [2.45, 2.75) is 9.79 Å². The number of benzene rings is 4. The van der Waals surface area contributed by atoms with Crippen molar-refractivity contribution >= 4 is 15.6 Å². The Hall–Kier alpha value is -3.50. The van der Waals surface area contributed by atoms with Crippen LogP contribution >= 0.6 is 0 Å². The highest BCUT2D eigenvalue weighted by Crippen LogP contribution is 2.19. The van der Waals surface area contributed by atoms with Crippen LogP contribution in [-0.4, -0.2) is 14.2 Å². The van der Waals surface area contributed by atoms with Crippen LogP contribution in [0, 0.1) is 0 Å². The molecule has 4 aromatic carbocycles. The monoisotopic (exact) mass is 400 g/mol. The van der Waals surface area contributed by atoms with Gasteiger partial charge >= 0.3 is 0 Å². The Morgan fingerprint density at radius 1 is 0.448 bits per heavy atom. The predicted octanol–water partition coefficient (Wildman–Crippen LogP) is 5.44. The van der Waals surface area contributed by atoms with Gasteiger partial charge in [0.25, 0.3) is 0 Å². The van der Waals surface area contributed by atoms with E-state index in [2.05, 4.69) is 0 Å². The predicted molar refractivity (Wildman–Crippen MR) is 115 cm³/mol. The van der Waals surface area contributed by atoms with Crippen molar-refractivity contribution in [3.63, 3.8) is 0 Å². The lowest BCUT2D eigenvalue weighted by molar-refractivity contribution is 0.103. The second-order valence-corrected chi connectivity index (χ2v) is 8.14. The lowest BCUT2D eigenvalue weighted by atomic mass is 10.0. The maximum absolute atomic E-state index is 12.0. The number of hydrogen-bond donors (Lipinski definition) is 0. The molecule has 0 saturated heterocycles. The van der Waals surface area contributed by atoms with Crippen LogP contribution in [0.1, 0.15) is 15.9 Å². The molecule has 0 bridgehead atoms. The minimum absolute atomic E-state index is 0.0752. The molecule has 144 valence electrons. The van der Waals surface area contributed by atoms with Gasteiger partial charge in [0.2, 0.25) is 9.84 Å². The van der Waals surface area contributed by atoms with Crippen molar-refractivity contribution in [2.75, 3.05) is 0 Å². The van der Waals surface area contributed by atoms with Crippen molar-refractivity contribution < 1.29 is 13.2 Å². The van der Waals surface area contributed by atoms with Gasteiger partial charge in [-0.3, -0.25) is 4.79 Å². The Balaban J connectivity index is 0.000000166. The molecular formula is C25H20O3S. The molecule has 0 fully saturated rings. The Kier molecular flexibility index (Phi) is 6.72. The molecule has 0 aliphatic heterocycles. The summed E-state index contributed by atoms with van der Waals surface area (Å²) in [5.41, 5.74) is 1.47. The molecule has 0 unspecified atom stereocenters. The van der Waals surface area contributed by atoms with Gasteiger partial charge in [0.15, 0.2) is 5.78 Å². The fourth-order valence-electron chi connectivity index (χ4n) is 2.68. The molecular weight excluding hydrogens is 380 g/mol. The molecule has 0 saturated carbocycles. The number of sulfone groups is 1. The van der Waals surface area contributed by atoms with Gasteiger partial charge in [0.05, 0.1) is 9.79 Å². The zero-order valence-electron chi connectivity index (χ0n) is 15.7. The van der Waals surface area contributed by atoms with Crippen LogP contribution in [0.2, 0.25) is 0 Å². The first kappa shape index (κ1) is 20.2. The normalized spacial score (nSPS) is 10.5. The summed E-state index contributed by atoms with van der Waals surface area (Å²) in [5.74, 6) is 0.0752. The molecule has 0 spiro atoms. The summed E-state index contributed by atoms with van der Waals surface area (Å²) in [6, 6.07) is 35.5. The molecule has 3 nitrogen and oxygen atoms in total. The summed E-state index contributed by atoms with van der Waals surface area (Å²) < 4.78 is 24.1. The molecule has 4 aromatic rings. The van der Waals surface area contributed by atoms with E-state index in [0.717, 1.165) is 11.1 Å². The molecule has 0 radical (unpaired) electrons. The van der Waals surface area contributed by atoms with Gasteiger partial charge in [-0.25, -0.2) is 8.42 Å². The maximum atomic E-state index is 12.0. The van der Waals surface area contributed by atoms with Crippen molar-refractivity contribution in [3.05, 3.63) is 132 Å². The minimum Gasteiger partial charge on any atom is -0.289 e. The fourth-order valence-corrected chi connectivity index (χ4v) is 3.98. The van der Waals surface area contributed by atoms with Gasteiger partial charge in [-0.1, -0.05) is 97.1 Å².